The summed E-state index contributed by atoms with van der Waals surface area (Å²) in [4.78, 5) is 0. The van der Waals surface area contributed by atoms with Gasteiger partial charge in [0.1, 0.15) is 0 Å². The van der Waals surface area contributed by atoms with Crippen molar-refractivity contribution in [1.29, 1.82) is 0 Å². The van der Waals surface area contributed by atoms with Crippen LogP contribution in [0, 0.1) is 0 Å². The second-order valence-electron chi connectivity index (χ2n) is 3.00. The molecule has 8 nitrogen and oxygen atoms in total. The average Bonchev–Trinajstić information content (AvgIpc) is 2.66. The third kappa shape index (κ3) is 2.03. The molecule has 0 aromatic carbocycles. The van der Waals surface area contributed by atoms with E-state index in [1.807, 2.05) is 13.8 Å². The smallest absolute Gasteiger partial charge is 0.225 e. The molecule has 0 saturated carbocycles. The first-order chi connectivity index (χ1) is 7.11. The van der Waals surface area contributed by atoms with Gasteiger partial charge >= 0.3 is 0 Å². The van der Waals surface area contributed by atoms with E-state index in [9.17, 15) is 0 Å². The summed E-state index contributed by atoms with van der Waals surface area (Å²) in [7, 11) is 0. The van der Waals surface area contributed by atoms with E-state index in [0.717, 1.165) is 0 Å². The third-order valence-corrected chi connectivity index (χ3v) is 1.68. The molecule has 0 aliphatic heterocycles. The molecular weight excluding hydrogens is 200 g/mol. The van der Waals surface area contributed by atoms with Gasteiger partial charge in [0.05, 0.1) is 0 Å². The van der Waals surface area contributed by atoms with Gasteiger partial charge in [-0.25, -0.2) is 9.64 Å². The Bertz CT molecular complexity index is 371. The molecule has 0 aliphatic carbocycles. The standard InChI is InChI=1S/C7H12N6O2/c1-4(2)13(9-3)7-5(6(8)10-14)11-15-12-7/h4,14H,3H2,1-2H3,(H2,8,10). The molecule has 15 heavy (non-hydrogen) atoms. The third-order valence-electron chi connectivity index (χ3n) is 1.68. The minimum absolute atomic E-state index is 0.000331. The number of aromatic nitrogens is 2. The summed E-state index contributed by atoms with van der Waals surface area (Å²) in [6, 6.07) is -0.000331. The second-order valence-corrected chi connectivity index (χ2v) is 3.00. The molecule has 0 aliphatic rings. The van der Waals surface area contributed by atoms with Crippen molar-refractivity contribution in [2.24, 2.45) is 16.0 Å². The minimum atomic E-state index is -0.194. The van der Waals surface area contributed by atoms with Crippen molar-refractivity contribution < 1.29 is 9.84 Å². The summed E-state index contributed by atoms with van der Waals surface area (Å²) in [5.74, 6) is 0.0656. The minimum Gasteiger partial charge on any atom is -0.409 e. The van der Waals surface area contributed by atoms with Gasteiger partial charge in [0.15, 0.2) is 11.5 Å². The Morgan fingerprint density at radius 2 is 2.27 bits per heavy atom. The highest BCUT2D eigenvalue weighted by Crippen LogP contribution is 2.18. The van der Waals surface area contributed by atoms with Gasteiger partial charge < -0.3 is 10.9 Å². The maximum absolute atomic E-state index is 8.51. The van der Waals surface area contributed by atoms with E-state index in [2.05, 4.69) is 31.9 Å². The summed E-state index contributed by atoms with van der Waals surface area (Å²) in [6.45, 7) is 7.14. The lowest BCUT2D eigenvalue weighted by molar-refractivity contribution is 0.303. The van der Waals surface area contributed by atoms with Gasteiger partial charge in [-0.1, -0.05) is 5.16 Å². The number of amidine groups is 1. The van der Waals surface area contributed by atoms with Crippen molar-refractivity contribution in [3.05, 3.63) is 5.69 Å². The zero-order valence-corrected chi connectivity index (χ0v) is 8.45. The first-order valence-electron chi connectivity index (χ1n) is 4.18. The van der Waals surface area contributed by atoms with Crippen LogP contribution in [0.25, 0.3) is 0 Å². The Kier molecular flexibility index (Phi) is 3.21. The number of nitrogens with zero attached hydrogens (tertiary/aromatic N) is 5. The Morgan fingerprint density at radius 3 is 2.73 bits per heavy atom. The summed E-state index contributed by atoms with van der Waals surface area (Å²) in [5, 5.41) is 23.6. The van der Waals surface area contributed by atoms with E-state index >= 15 is 0 Å². The topological polar surface area (TPSA) is 113 Å². The van der Waals surface area contributed by atoms with E-state index in [4.69, 9.17) is 10.9 Å². The van der Waals surface area contributed by atoms with Crippen molar-refractivity contribution in [1.82, 2.24) is 10.3 Å². The van der Waals surface area contributed by atoms with Gasteiger partial charge in [0.25, 0.3) is 0 Å². The van der Waals surface area contributed by atoms with Crippen molar-refractivity contribution in [3.63, 3.8) is 0 Å². The predicted molar refractivity (Wildman–Crippen MR) is 54.0 cm³/mol. The zero-order chi connectivity index (χ0) is 11.4. The van der Waals surface area contributed by atoms with E-state index < -0.39 is 0 Å². The Hall–Kier alpha value is -2.12. The highest BCUT2D eigenvalue weighted by molar-refractivity contribution is 5.99. The number of hydrogen-bond acceptors (Lipinski definition) is 7. The molecule has 0 spiro atoms. The number of anilines is 1. The van der Waals surface area contributed by atoms with Crippen LogP contribution < -0.4 is 10.7 Å². The summed E-state index contributed by atoms with van der Waals surface area (Å²) in [5.41, 5.74) is 5.50. The molecule has 0 amide bonds. The van der Waals surface area contributed by atoms with E-state index in [0.29, 0.717) is 0 Å². The number of hydrazone groups is 1. The lowest BCUT2D eigenvalue weighted by Gasteiger charge is -2.19. The quantitative estimate of drug-likeness (QED) is 0.314. The SMILES string of the molecule is C=NN(c1nonc1/C(N)=N/O)C(C)C. The molecule has 1 rings (SSSR count). The number of rotatable bonds is 4. The molecule has 0 unspecified atom stereocenters. The maximum Gasteiger partial charge on any atom is 0.225 e. The molecule has 1 aromatic heterocycles. The normalized spacial score (nSPS) is 11.8. The van der Waals surface area contributed by atoms with Gasteiger partial charge in [-0.2, -0.15) is 5.10 Å². The van der Waals surface area contributed by atoms with Crippen LogP contribution in [-0.4, -0.2) is 34.1 Å². The molecular formula is C7H12N6O2. The fourth-order valence-corrected chi connectivity index (χ4v) is 1.02. The first-order valence-corrected chi connectivity index (χ1v) is 4.18. The number of nitrogens with two attached hydrogens (primary N) is 1. The maximum atomic E-state index is 8.51. The molecule has 1 aromatic rings. The lowest BCUT2D eigenvalue weighted by atomic mass is 10.3. The van der Waals surface area contributed by atoms with E-state index in [-0.39, 0.29) is 23.4 Å². The fraction of sp³-hybridized carbons (Fsp3) is 0.429. The second kappa shape index (κ2) is 4.40. The number of hydrogen-bond donors (Lipinski definition) is 2. The fourth-order valence-electron chi connectivity index (χ4n) is 1.02. The van der Waals surface area contributed by atoms with Crippen LogP contribution in [0.4, 0.5) is 5.82 Å². The highest BCUT2D eigenvalue weighted by atomic mass is 16.6. The van der Waals surface area contributed by atoms with Gasteiger partial charge in [0, 0.05) is 12.8 Å². The average molecular weight is 212 g/mol. The summed E-state index contributed by atoms with van der Waals surface area (Å²) < 4.78 is 4.50. The van der Waals surface area contributed by atoms with Crippen LogP contribution in [0.1, 0.15) is 19.5 Å². The highest BCUT2D eigenvalue weighted by Gasteiger charge is 2.22. The molecule has 0 bridgehead atoms. The lowest BCUT2D eigenvalue weighted by Crippen LogP contribution is -2.28. The van der Waals surface area contributed by atoms with Crippen LogP contribution in [-0.2, 0) is 0 Å². The van der Waals surface area contributed by atoms with Crippen LogP contribution >= 0.6 is 0 Å². The Labute approximate surface area is 86.0 Å². The largest absolute Gasteiger partial charge is 0.409 e. The van der Waals surface area contributed by atoms with Crippen LogP contribution in [0.5, 0.6) is 0 Å². The molecule has 0 atom stereocenters. The van der Waals surface area contributed by atoms with Gasteiger partial charge in [-0.3, -0.25) is 0 Å². The van der Waals surface area contributed by atoms with Crippen molar-refractivity contribution in [3.8, 4) is 0 Å². The first kappa shape index (κ1) is 11.0. The monoisotopic (exact) mass is 212 g/mol. The van der Waals surface area contributed by atoms with Crippen LogP contribution in [0.3, 0.4) is 0 Å². The molecule has 0 radical (unpaired) electrons. The van der Waals surface area contributed by atoms with Crippen molar-refractivity contribution in [2.75, 3.05) is 5.01 Å². The Morgan fingerprint density at radius 1 is 1.60 bits per heavy atom. The zero-order valence-electron chi connectivity index (χ0n) is 8.45. The molecule has 3 N–H and O–H groups in total. The number of oxime groups is 1. The van der Waals surface area contributed by atoms with Crippen LogP contribution in [0.2, 0.25) is 0 Å². The summed E-state index contributed by atoms with van der Waals surface area (Å²) >= 11 is 0. The molecule has 82 valence electrons. The predicted octanol–water partition coefficient (Wildman–Crippen LogP) is -0.00550. The molecule has 1 heterocycles. The van der Waals surface area contributed by atoms with Crippen molar-refractivity contribution in [2.45, 2.75) is 19.9 Å². The van der Waals surface area contributed by atoms with Gasteiger partial charge in [0.2, 0.25) is 5.82 Å². The molecule has 0 fully saturated rings. The van der Waals surface area contributed by atoms with Crippen LogP contribution in [0.15, 0.2) is 14.9 Å². The van der Waals surface area contributed by atoms with Gasteiger partial charge in [-0.15, -0.1) is 0 Å². The molecule has 0 saturated heterocycles. The Balaban J connectivity index is 3.14. The molecule has 8 heteroatoms. The van der Waals surface area contributed by atoms with Gasteiger partial charge in [-0.05, 0) is 24.2 Å². The summed E-state index contributed by atoms with van der Waals surface area (Å²) in [6.07, 6.45) is 0. The van der Waals surface area contributed by atoms with Crippen molar-refractivity contribution >= 4 is 18.4 Å². The van der Waals surface area contributed by atoms with E-state index in [1.165, 1.54) is 5.01 Å². The van der Waals surface area contributed by atoms with E-state index in [1.54, 1.807) is 0 Å².